The second kappa shape index (κ2) is 6.50. The number of nitrogens with one attached hydrogen (secondary N) is 1. The van der Waals surface area contributed by atoms with E-state index in [1.54, 1.807) is 19.9 Å². The van der Waals surface area contributed by atoms with Crippen LogP contribution in [0.1, 0.15) is 27.0 Å². The average molecular weight is 360 g/mol. The first-order valence-electron chi connectivity index (χ1n) is 7.92. The zero-order chi connectivity index (χ0) is 18.2. The van der Waals surface area contributed by atoms with Gasteiger partial charge in [-0.15, -0.1) is 0 Å². The Balaban J connectivity index is 1.72. The van der Waals surface area contributed by atoms with Gasteiger partial charge in [0.25, 0.3) is 5.91 Å². The number of benzene rings is 2. The van der Waals surface area contributed by atoms with Crippen LogP contribution in [0.3, 0.4) is 0 Å². The number of hydrogen-bond donors (Lipinski definition) is 2. The van der Waals surface area contributed by atoms with Gasteiger partial charge < -0.3 is 10.1 Å². The van der Waals surface area contributed by atoms with Gasteiger partial charge in [-0.05, 0) is 42.7 Å². The van der Waals surface area contributed by atoms with Crippen molar-refractivity contribution >= 4 is 15.9 Å². The van der Waals surface area contributed by atoms with E-state index in [2.05, 4.69) is 5.32 Å². The summed E-state index contributed by atoms with van der Waals surface area (Å²) in [5.74, 6) is 0.492. The SMILES string of the molecule is Cc1cc(C)c(S(N)(=O)=O)cc1C(=O)NC[C@H]1Cc2ccccc2O1. The lowest BCUT2D eigenvalue weighted by molar-refractivity contribution is 0.0932. The number of fused-ring (bicyclic) bond motifs is 1. The molecule has 0 bridgehead atoms. The van der Waals surface area contributed by atoms with Crippen molar-refractivity contribution in [3.8, 4) is 5.75 Å². The topological polar surface area (TPSA) is 98.5 Å². The molecule has 0 radical (unpaired) electrons. The van der Waals surface area contributed by atoms with Crippen molar-refractivity contribution in [1.29, 1.82) is 0 Å². The molecule has 25 heavy (non-hydrogen) atoms. The minimum Gasteiger partial charge on any atom is -0.488 e. The minimum absolute atomic E-state index is 0.0345. The summed E-state index contributed by atoms with van der Waals surface area (Å²) < 4.78 is 29.1. The first-order chi connectivity index (χ1) is 11.8. The van der Waals surface area contributed by atoms with Crippen molar-refractivity contribution in [3.63, 3.8) is 0 Å². The molecule has 3 N–H and O–H groups in total. The molecule has 1 atom stereocenters. The summed E-state index contributed by atoms with van der Waals surface area (Å²) >= 11 is 0. The number of primary sulfonamides is 1. The molecule has 0 unspecified atom stereocenters. The number of rotatable bonds is 4. The Kier molecular flexibility index (Phi) is 4.53. The molecule has 7 heteroatoms. The molecule has 0 spiro atoms. The molecule has 6 nitrogen and oxygen atoms in total. The van der Waals surface area contributed by atoms with E-state index in [0.29, 0.717) is 23.2 Å². The molecular formula is C18H20N2O4S. The molecule has 0 saturated carbocycles. The summed E-state index contributed by atoms with van der Waals surface area (Å²) in [6.07, 6.45) is 0.594. The number of nitrogens with two attached hydrogens (primary N) is 1. The monoisotopic (exact) mass is 360 g/mol. The number of amides is 1. The van der Waals surface area contributed by atoms with E-state index in [1.165, 1.54) is 6.07 Å². The highest BCUT2D eigenvalue weighted by atomic mass is 32.2. The van der Waals surface area contributed by atoms with Gasteiger partial charge in [0.05, 0.1) is 11.4 Å². The molecule has 0 fully saturated rings. The van der Waals surface area contributed by atoms with Gasteiger partial charge in [-0.25, -0.2) is 13.6 Å². The first kappa shape index (κ1) is 17.4. The van der Waals surface area contributed by atoms with Gasteiger partial charge in [0.1, 0.15) is 11.9 Å². The van der Waals surface area contributed by atoms with Crippen LogP contribution in [0.5, 0.6) is 5.75 Å². The molecule has 132 valence electrons. The van der Waals surface area contributed by atoms with Gasteiger partial charge >= 0.3 is 0 Å². The first-order valence-corrected chi connectivity index (χ1v) is 9.47. The normalized spacial score (nSPS) is 16.2. The van der Waals surface area contributed by atoms with E-state index in [9.17, 15) is 13.2 Å². The van der Waals surface area contributed by atoms with Gasteiger partial charge in [-0.2, -0.15) is 0 Å². The summed E-state index contributed by atoms with van der Waals surface area (Å²) in [6.45, 7) is 3.75. The Morgan fingerprint density at radius 3 is 2.64 bits per heavy atom. The number of aryl methyl sites for hydroxylation is 2. The van der Waals surface area contributed by atoms with Crippen molar-refractivity contribution in [2.75, 3.05) is 6.54 Å². The number of hydrogen-bond acceptors (Lipinski definition) is 4. The standard InChI is InChI=1S/C18H20N2O4S/c1-11-7-12(2)17(25(19,22)23)9-15(11)18(21)20-10-14-8-13-5-3-4-6-16(13)24-14/h3-7,9,14H,8,10H2,1-2H3,(H,20,21)(H2,19,22,23)/t14-/m1/s1. The quantitative estimate of drug-likeness (QED) is 0.867. The van der Waals surface area contributed by atoms with Crippen LogP contribution in [0.15, 0.2) is 41.3 Å². The smallest absolute Gasteiger partial charge is 0.251 e. The van der Waals surface area contributed by atoms with Gasteiger partial charge in [-0.1, -0.05) is 24.3 Å². The number of carbonyl (C=O) groups excluding carboxylic acids is 1. The molecule has 1 amide bonds. The van der Waals surface area contributed by atoms with E-state index in [-0.39, 0.29) is 16.9 Å². The van der Waals surface area contributed by atoms with Crippen LogP contribution < -0.4 is 15.2 Å². The number of para-hydroxylation sites is 1. The second-order valence-electron chi connectivity index (χ2n) is 6.24. The Bertz CT molecular complexity index is 913. The maximum absolute atomic E-state index is 12.5. The summed E-state index contributed by atoms with van der Waals surface area (Å²) in [4.78, 5) is 12.4. The van der Waals surface area contributed by atoms with Crippen molar-refractivity contribution in [2.24, 2.45) is 5.14 Å². The third-order valence-corrected chi connectivity index (χ3v) is 5.33. The number of sulfonamides is 1. The summed E-state index contributed by atoms with van der Waals surface area (Å²) in [5, 5.41) is 8.03. The lowest BCUT2D eigenvalue weighted by Crippen LogP contribution is -2.35. The van der Waals surface area contributed by atoms with Crippen molar-refractivity contribution in [3.05, 3.63) is 58.7 Å². The average Bonchev–Trinajstić information content (AvgIpc) is 2.94. The van der Waals surface area contributed by atoms with Crippen molar-refractivity contribution in [1.82, 2.24) is 5.32 Å². The second-order valence-corrected chi connectivity index (χ2v) is 7.77. The molecule has 1 aliphatic heterocycles. The third-order valence-electron chi connectivity index (χ3n) is 4.28. The molecule has 3 rings (SSSR count). The van der Waals surface area contributed by atoms with Crippen LogP contribution in [-0.4, -0.2) is 27.0 Å². The maximum atomic E-state index is 12.5. The van der Waals surface area contributed by atoms with Gasteiger partial charge in [0, 0.05) is 12.0 Å². The molecular weight excluding hydrogens is 340 g/mol. The maximum Gasteiger partial charge on any atom is 0.251 e. The van der Waals surface area contributed by atoms with E-state index in [1.807, 2.05) is 24.3 Å². The zero-order valence-corrected chi connectivity index (χ0v) is 14.9. The third kappa shape index (κ3) is 3.67. The Labute approximate surface area is 147 Å². The van der Waals surface area contributed by atoms with Crippen LogP contribution in [0.2, 0.25) is 0 Å². The predicted octanol–water partition coefficient (Wildman–Crippen LogP) is 1.68. The van der Waals surface area contributed by atoms with E-state index in [0.717, 1.165) is 17.7 Å². The Morgan fingerprint density at radius 1 is 1.24 bits per heavy atom. The fourth-order valence-corrected chi connectivity index (χ4v) is 3.84. The Morgan fingerprint density at radius 2 is 1.96 bits per heavy atom. The molecule has 0 aromatic heterocycles. The van der Waals surface area contributed by atoms with E-state index >= 15 is 0 Å². The summed E-state index contributed by atoms with van der Waals surface area (Å²) in [6, 6.07) is 10.7. The van der Waals surface area contributed by atoms with Gasteiger partial charge in [0.2, 0.25) is 10.0 Å². The zero-order valence-electron chi connectivity index (χ0n) is 14.1. The van der Waals surface area contributed by atoms with Crippen LogP contribution in [0.25, 0.3) is 0 Å². The summed E-state index contributed by atoms with van der Waals surface area (Å²) in [7, 11) is -3.88. The molecule has 2 aromatic carbocycles. The molecule has 0 aliphatic carbocycles. The van der Waals surface area contributed by atoms with E-state index in [4.69, 9.17) is 9.88 Å². The van der Waals surface area contributed by atoms with Crippen LogP contribution in [0.4, 0.5) is 0 Å². The van der Waals surface area contributed by atoms with Crippen LogP contribution in [0, 0.1) is 13.8 Å². The molecule has 1 heterocycles. The number of carbonyl (C=O) groups is 1. The predicted molar refractivity (Wildman–Crippen MR) is 94.2 cm³/mol. The molecule has 0 saturated heterocycles. The van der Waals surface area contributed by atoms with Crippen LogP contribution >= 0.6 is 0 Å². The Hall–Kier alpha value is -2.38. The summed E-state index contributed by atoms with van der Waals surface area (Å²) in [5.41, 5.74) is 2.62. The lowest BCUT2D eigenvalue weighted by atomic mass is 10.0. The largest absolute Gasteiger partial charge is 0.488 e. The highest BCUT2D eigenvalue weighted by Gasteiger charge is 2.24. The fourth-order valence-electron chi connectivity index (χ4n) is 3.05. The highest BCUT2D eigenvalue weighted by molar-refractivity contribution is 7.89. The van der Waals surface area contributed by atoms with Gasteiger partial charge in [0.15, 0.2) is 0 Å². The van der Waals surface area contributed by atoms with Gasteiger partial charge in [-0.3, -0.25) is 4.79 Å². The number of ether oxygens (including phenoxy) is 1. The minimum atomic E-state index is -3.88. The van der Waals surface area contributed by atoms with Crippen molar-refractivity contribution < 1.29 is 17.9 Å². The van der Waals surface area contributed by atoms with Crippen molar-refractivity contribution in [2.45, 2.75) is 31.3 Å². The van der Waals surface area contributed by atoms with Crippen LogP contribution in [-0.2, 0) is 16.4 Å². The molecule has 2 aromatic rings. The lowest BCUT2D eigenvalue weighted by Gasteiger charge is -2.14. The molecule has 1 aliphatic rings. The highest BCUT2D eigenvalue weighted by Crippen LogP contribution is 2.27. The van der Waals surface area contributed by atoms with E-state index < -0.39 is 10.0 Å². The fraction of sp³-hybridized carbons (Fsp3) is 0.278.